The molecule has 0 radical (unpaired) electrons. The number of hydrogen-bond acceptors (Lipinski definition) is 1. The van der Waals surface area contributed by atoms with Gasteiger partial charge < -0.3 is 5.32 Å². The molecule has 0 saturated carbocycles. The average Bonchev–Trinajstić information content (AvgIpc) is 2.15. The van der Waals surface area contributed by atoms with E-state index in [1.54, 1.807) is 0 Å². The third-order valence-electron chi connectivity index (χ3n) is 1.86. The van der Waals surface area contributed by atoms with Crippen molar-refractivity contribution in [2.75, 3.05) is 12.4 Å². The highest BCUT2D eigenvalue weighted by Gasteiger charge is 2.01. The Labute approximate surface area is 89.3 Å². The van der Waals surface area contributed by atoms with Crippen molar-refractivity contribution in [3.05, 3.63) is 35.4 Å². The summed E-state index contributed by atoms with van der Waals surface area (Å²) in [5, 5.41) is 2.73. The second-order valence-corrected chi connectivity index (χ2v) is 3.58. The molecule has 1 aromatic carbocycles. The Bertz CT molecular complexity index is 312. The molecule has 0 atom stereocenters. The first-order valence-corrected chi connectivity index (χ1v) is 5.14. The number of nitrogens with one attached hydrogen (secondary N) is 1. The lowest BCUT2D eigenvalue weighted by atomic mass is 10.1. The van der Waals surface area contributed by atoms with Crippen molar-refractivity contribution >= 4 is 17.5 Å². The minimum Gasteiger partial charge on any atom is -0.355 e. The first-order valence-electron chi connectivity index (χ1n) is 4.60. The molecule has 0 aromatic heterocycles. The first kappa shape index (κ1) is 11.1. The zero-order valence-electron chi connectivity index (χ0n) is 8.22. The lowest BCUT2D eigenvalue weighted by Crippen LogP contribution is -2.26. The molecule has 0 heterocycles. The zero-order valence-corrected chi connectivity index (χ0v) is 8.97. The van der Waals surface area contributed by atoms with Gasteiger partial charge in [-0.3, -0.25) is 4.79 Å². The van der Waals surface area contributed by atoms with Crippen LogP contribution in [-0.2, 0) is 11.2 Å². The van der Waals surface area contributed by atoms with Crippen LogP contribution in [0.2, 0.25) is 0 Å². The topological polar surface area (TPSA) is 29.1 Å². The second kappa shape index (κ2) is 5.66. The van der Waals surface area contributed by atoms with Gasteiger partial charge in [0.25, 0.3) is 0 Å². The van der Waals surface area contributed by atoms with Gasteiger partial charge in [-0.05, 0) is 12.5 Å². The fourth-order valence-electron chi connectivity index (χ4n) is 1.26. The first-order chi connectivity index (χ1) is 6.72. The largest absolute Gasteiger partial charge is 0.355 e. The number of carbonyl (C=O) groups excluding carboxylic acids is 1. The van der Waals surface area contributed by atoms with Crippen LogP contribution >= 0.6 is 11.6 Å². The van der Waals surface area contributed by atoms with Crippen LogP contribution in [0.5, 0.6) is 0 Å². The van der Waals surface area contributed by atoms with Crippen LogP contribution in [0.25, 0.3) is 0 Å². The SMILES string of the molecule is Cc1cccc(CC(=O)NCCCl)c1. The van der Waals surface area contributed by atoms with Crippen molar-refractivity contribution in [2.24, 2.45) is 0 Å². The minimum absolute atomic E-state index is 0.0243. The van der Waals surface area contributed by atoms with E-state index in [4.69, 9.17) is 11.6 Å². The van der Waals surface area contributed by atoms with Crippen LogP contribution in [-0.4, -0.2) is 18.3 Å². The van der Waals surface area contributed by atoms with Crippen LogP contribution in [0.4, 0.5) is 0 Å². The van der Waals surface area contributed by atoms with Gasteiger partial charge in [0.2, 0.25) is 5.91 Å². The van der Waals surface area contributed by atoms with E-state index in [1.807, 2.05) is 31.2 Å². The van der Waals surface area contributed by atoms with Crippen molar-refractivity contribution in [3.63, 3.8) is 0 Å². The van der Waals surface area contributed by atoms with E-state index in [9.17, 15) is 4.79 Å². The fraction of sp³-hybridized carbons (Fsp3) is 0.364. The van der Waals surface area contributed by atoms with Gasteiger partial charge in [0.15, 0.2) is 0 Å². The molecule has 2 nitrogen and oxygen atoms in total. The maximum Gasteiger partial charge on any atom is 0.224 e. The van der Waals surface area contributed by atoms with Crippen LogP contribution in [0, 0.1) is 6.92 Å². The molecule has 1 aromatic rings. The third-order valence-corrected chi connectivity index (χ3v) is 2.05. The van der Waals surface area contributed by atoms with Crippen LogP contribution < -0.4 is 5.32 Å². The smallest absolute Gasteiger partial charge is 0.224 e. The van der Waals surface area contributed by atoms with Crippen LogP contribution in [0.1, 0.15) is 11.1 Å². The van der Waals surface area contributed by atoms with Crippen molar-refractivity contribution < 1.29 is 4.79 Å². The highest BCUT2D eigenvalue weighted by atomic mass is 35.5. The Kier molecular flexibility index (Phi) is 4.47. The maximum atomic E-state index is 11.3. The Morgan fingerprint density at radius 1 is 1.50 bits per heavy atom. The molecule has 1 N–H and O–H groups in total. The van der Waals surface area contributed by atoms with Gasteiger partial charge in [-0.1, -0.05) is 29.8 Å². The molecule has 0 aliphatic rings. The Morgan fingerprint density at radius 3 is 2.93 bits per heavy atom. The highest BCUT2D eigenvalue weighted by molar-refractivity contribution is 6.18. The molecule has 0 bridgehead atoms. The van der Waals surface area contributed by atoms with Crippen molar-refractivity contribution in [3.8, 4) is 0 Å². The lowest BCUT2D eigenvalue weighted by Gasteiger charge is -2.03. The molecule has 0 aliphatic heterocycles. The summed E-state index contributed by atoms with van der Waals surface area (Å²) in [5.41, 5.74) is 2.21. The molecule has 0 saturated heterocycles. The standard InChI is InChI=1S/C11H14ClNO/c1-9-3-2-4-10(7-9)8-11(14)13-6-5-12/h2-4,7H,5-6,8H2,1H3,(H,13,14). The van der Waals surface area contributed by atoms with Crippen molar-refractivity contribution in [2.45, 2.75) is 13.3 Å². The van der Waals surface area contributed by atoms with E-state index in [2.05, 4.69) is 5.32 Å². The molecule has 0 aliphatic carbocycles. The molecule has 76 valence electrons. The summed E-state index contributed by atoms with van der Waals surface area (Å²) in [6.45, 7) is 2.55. The van der Waals surface area contributed by atoms with Gasteiger partial charge in [-0.25, -0.2) is 0 Å². The number of alkyl halides is 1. The quantitative estimate of drug-likeness (QED) is 0.758. The predicted molar refractivity (Wildman–Crippen MR) is 58.6 cm³/mol. The fourth-order valence-corrected chi connectivity index (χ4v) is 1.35. The van der Waals surface area contributed by atoms with Gasteiger partial charge in [0, 0.05) is 12.4 Å². The van der Waals surface area contributed by atoms with Gasteiger partial charge in [-0.2, -0.15) is 0 Å². The molecule has 0 fully saturated rings. The normalized spacial score (nSPS) is 9.86. The molecular formula is C11H14ClNO. The molecule has 3 heteroatoms. The summed E-state index contributed by atoms with van der Waals surface area (Å²) in [6, 6.07) is 7.94. The summed E-state index contributed by atoms with van der Waals surface area (Å²) in [5.74, 6) is 0.482. The Hall–Kier alpha value is -1.02. The summed E-state index contributed by atoms with van der Waals surface area (Å²) >= 11 is 5.46. The zero-order chi connectivity index (χ0) is 10.4. The van der Waals surface area contributed by atoms with Crippen molar-refractivity contribution in [1.82, 2.24) is 5.32 Å². The van der Waals surface area contributed by atoms with E-state index in [1.165, 1.54) is 5.56 Å². The number of amides is 1. The van der Waals surface area contributed by atoms with Crippen molar-refractivity contribution in [1.29, 1.82) is 0 Å². The third kappa shape index (κ3) is 3.79. The van der Waals surface area contributed by atoms with Crippen LogP contribution in [0.3, 0.4) is 0 Å². The molecule has 1 amide bonds. The monoisotopic (exact) mass is 211 g/mol. The molecule has 0 spiro atoms. The summed E-state index contributed by atoms with van der Waals surface area (Å²) in [6.07, 6.45) is 0.429. The molecular weight excluding hydrogens is 198 g/mol. The van der Waals surface area contributed by atoms with Gasteiger partial charge in [0.05, 0.1) is 6.42 Å². The Balaban J connectivity index is 2.47. The molecule has 1 rings (SSSR count). The van der Waals surface area contributed by atoms with Crippen LogP contribution in [0.15, 0.2) is 24.3 Å². The summed E-state index contributed by atoms with van der Waals surface area (Å²) in [7, 11) is 0. The molecule has 14 heavy (non-hydrogen) atoms. The van der Waals surface area contributed by atoms with E-state index in [0.29, 0.717) is 18.8 Å². The van der Waals surface area contributed by atoms with Gasteiger partial charge >= 0.3 is 0 Å². The number of rotatable bonds is 4. The number of benzene rings is 1. The predicted octanol–water partition coefficient (Wildman–Crippen LogP) is 1.89. The average molecular weight is 212 g/mol. The van der Waals surface area contributed by atoms with E-state index < -0.39 is 0 Å². The number of halogens is 1. The second-order valence-electron chi connectivity index (χ2n) is 3.20. The van der Waals surface area contributed by atoms with Gasteiger partial charge in [0.1, 0.15) is 0 Å². The number of hydrogen-bond donors (Lipinski definition) is 1. The van der Waals surface area contributed by atoms with E-state index >= 15 is 0 Å². The number of carbonyl (C=O) groups is 1. The Morgan fingerprint density at radius 2 is 2.29 bits per heavy atom. The summed E-state index contributed by atoms with van der Waals surface area (Å²) < 4.78 is 0. The minimum atomic E-state index is 0.0243. The van der Waals surface area contributed by atoms with E-state index in [-0.39, 0.29) is 5.91 Å². The van der Waals surface area contributed by atoms with E-state index in [0.717, 1.165) is 5.56 Å². The lowest BCUT2D eigenvalue weighted by molar-refractivity contribution is -0.120. The van der Waals surface area contributed by atoms with Gasteiger partial charge in [-0.15, -0.1) is 11.6 Å². The highest BCUT2D eigenvalue weighted by Crippen LogP contribution is 2.04. The summed E-state index contributed by atoms with van der Waals surface area (Å²) in [4.78, 5) is 11.3. The number of aryl methyl sites for hydroxylation is 1. The molecule has 0 unspecified atom stereocenters. The maximum absolute atomic E-state index is 11.3.